The maximum absolute atomic E-state index is 5.56. The molecule has 0 aliphatic carbocycles. The maximum atomic E-state index is 5.56. The molecule has 0 bridgehead atoms. The first-order valence-corrected chi connectivity index (χ1v) is 37.7. The lowest BCUT2D eigenvalue weighted by molar-refractivity contribution is 0.0238. The highest BCUT2D eigenvalue weighted by Crippen LogP contribution is 2.33. The Morgan fingerprint density at radius 3 is 1.38 bits per heavy atom. The van der Waals surface area contributed by atoms with Gasteiger partial charge in [0.15, 0.2) is 0 Å². The topological polar surface area (TPSA) is 154 Å². The average molecular weight is 1380 g/mol. The van der Waals surface area contributed by atoms with Crippen LogP contribution in [0.1, 0.15) is 212 Å². The molecule has 0 saturated carbocycles. The number of rotatable bonds is 9. The number of nitrogens with zero attached hydrogens (tertiary/aromatic N) is 17. The highest BCUT2D eigenvalue weighted by Gasteiger charge is 2.24. The van der Waals surface area contributed by atoms with Crippen molar-refractivity contribution in [2.24, 2.45) is 0 Å². The van der Waals surface area contributed by atoms with Crippen LogP contribution in [0.25, 0.3) is 0 Å². The zero-order valence-electron chi connectivity index (χ0n) is 64.4. The minimum absolute atomic E-state index is 0. The molecule has 0 spiro atoms. The van der Waals surface area contributed by atoms with Crippen LogP contribution in [-0.2, 0) is 30.4 Å². The third-order valence-corrected chi connectivity index (χ3v) is 18.8. The van der Waals surface area contributed by atoms with Crippen LogP contribution in [0, 0.1) is 0 Å². The molecule has 5 aromatic heterocycles. The summed E-state index contributed by atoms with van der Waals surface area (Å²) < 4.78 is 14.4. The van der Waals surface area contributed by atoms with Gasteiger partial charge >= 0.3 is 0 Å². The Hall–Kier alpha value is -7.22. The molecule has 0 radical (unpaired) electrons. The van der Waals surface area contributed by atoms with E-state index < -0.39 is 0 Å². The van der Waals surface area contributed by atoms with Gasteiger partial charge in [-0.15, -0.1) is 5.10 Å². The van der Waals surface area contributed by atoms with E-state index >= 15 is 0 Å². The van der Waals surface area contributed by atoms with Crippen molar-refractivity contribution in [1.29, 1.82) is 0 Å². The van der Waals surface area contributed by atoms with Crippen molar-refractivity contribution in [3.63, 3.8) is 0 Å². The Kier molecular flexibility index (Phi) is 37.5. The summed E-state index contributed by atoms with van der Waals surface area (Å²) >= 11 is 0. The normalized spacial score (nSPS) is 16.2. The van der Waals surface area contributed by atoms with E-state index in [9.17, 15) is 0 Å². The summed E-state index contributed by atoms with van der Waals surface area (Å²) in [4.78, 5) is 37.9. The van der Waals surface area contributed by atoms with Gasteiger partial charge in [-0.25, -0.2) is 15.0 Å². The number of anilines is 5. The van der Waals surface area contributed by atoms with E-state index in [1.165, 1.54) is 141 Å². The fourth-order valence-electron chi connectivity index (χ4n) is 13.1. The van der Waals surface area contributed by atoms with Gasteiger partial charge in [-0.05, 0) is 249 Å². The first-order valence-electron chi connectivity index (χ1n) is 37.7. The highest BCUT2D eigenvalue weighted by molar-refractivity contribution is 5.60. The number of aryl methyl sites for hydroxylation is 4. The maximum Gasteiger partial charge on any atom is 0.142 e. The van der Waals surface area contributed by atoms with E-state index in [2.05, 4.69) is 248 Å². The number of aromatic nitrogens is 10. The molecule has 554 valence electrons. The van der Waals surface area contributed by atoms with Crippen LogP contribution in [0.3, 0.4) is 0 Å². The molecular formula is C81H133N17O2. The number of para-hydroxylation sites is 3. The summed E-state index contributed by atoms with van der Waals surface area (Å²) in [6, 6.07) is 28.6. The van der Waals surface area contributed by atoms with Crippen LogP contribution in [0.4, 0.5) is 28.4 Å². The van der Waals surface area contributed by atoms with E-state index in [0.29, 0.717) is 48.3 Å². The van der Waals surface area contributed by atoms with Crippen LogP contribution in [0.5, 0.6) is 5.75 Å². The van der Waals surface area contributed by atoms with Gasteiger partial charge in [0.2, 0.25) is 0 Å². The first-order chi connectivity index (χ1) is 47.7. The first kappa shape index (κ1) is 83.4. The third-order valence-electron chi connectivity index (χ3n) is 18.8. The Morgan fingerprint density at radius 1 is 0.360 bits per heavy atom. The molecule has 0 N–H and O–H groups in total. The number of benzene rings is 2. The van der Waals surface area contributed by atoms with E-state index in [1.807, 2.05) is 49.2 Å². The van der Waals surface area contributed by atoms with Crippen LogP contribution in [0.15, 0.2) is 123 Å². The van der Waals surface area contributed by atoms with E-state index in [4.69, 9.17) is 9.47 Å². The Bertz CT molecular complexity index is 2810. The lowest BCUT2D eigenvalue weighted by Crippen LogP contribution is -2.40. The Labute approximate surface area is 605 Å². The smallest absolute Gasteiger partial charge is 0.142 e. The van der Waals surface area contributed by atoms with Crippen molar-refractivity contribution in [2.75, 3.05) is 103 Å². The number of pyridine rings is 2. The second kappa shape index (κ2) is 44.9. The van der Waals surface area contributed by atoms with Crippen molar-refractivity contribution in [1.82, 2.24) is 59.5 Å². The SMILES string of the molecule is C.CC(C)N1CCCCC1.CC(C)N1CCCc2ccccc21.CC(C)N1CCCc2ccncc21.CC(C)N1CCCc2ncccc21.CC(C)N1CCCc2ncncc21.CC(C)N1CCOCC1.CC(C)N1CCOc2ccccc21.CC(C)n1ccnn1.CC(C)n1cncn1. The summed E-state index contributed by atoms with van der Waals surface area (Å²) in [7, 11) is 0. The minimum Gasteiger partial charge on any atom is -0.490 e. The molecule has 2 aromatic carbocycles. The molecule has 12 heterocycles. The van der Waals surface area contributed by atoms with Crippen molar-refractivity contribution < 1.29 is 9.47 Å². The number of morpholine rings is 1. The van der Waals surface area contributed by atoms with Crippen LogP contribution >= 0.6 is 0 Å². The molecule has 100 heavy (non-hydrogen) atoms. The van der Waals surface area contributed by atoms with E-state index in [-0.39, 0.29) is 7.43 Å². The molecule has 0 atom stereocenters. The standard InChI is InChI=1S/C12H17N.2C11H16N2.C11H15NO.C10H15N3.C8H17N.C7H15NO.2C5H9N3.CH4/c1-10(2)13-9-5-7-11-6-3-4-8-12(11)13;1-9(2)13-8-4-5-10-11(13)6-3-7-12-10;1-9(2)13-7-3-4-10-5-6-12-8-11(10)13;1-9(2)12-7-8-13-11-6-4-3-5-10(11)12;1-8(2)13-5-3-4-9-10(13)6-11-7-12-9;1-8(2)9-6-4-3-5-7-9;1-7(2)8-3-5-9-6-4-8;1-5(2)8-4-6-3-7-8;1-5(2)8-4-3-6-7-8;/h3-4,6,8,10H,5,7,9H2,1-2H3;3,6-7,9H,4-5,8H2,1-2H3;5-6,8-9H,3-4,7H2,1-2H3;3-6,9H,7-8H2,1-2H3;6-8H,3-5H2,1-2H3;8H,3-7H2,1-2H3;7H,3-6H2,1-2H3;2*3-5H,1-2H3;1H4. The average Bonchev–Trinajstić information content (AvgIpc) is 1.76. The predicted molar refractivity (Wildman–Crippen MR) is 420 cm³/mol. The van der Waals surface area contributed by atoms with Gasteiger partial charge in [0.25, 0.3) is 0 Å². The summed E-state index contributed by atoms with van der Waals surface area (Å²) in [5.41, 5.74) is 12.0. The van der Waals surface area contributed by atoms with Crippen LogP contribution < -0.4 is 29.2 Å². The van der Waals surface area contributed by atoms with Crippen molar-refractivity contribution in [2.45, 2.75) is 257 Å². The molecule has 7 aromatic rings. The summed E-state index contributed by atoms with van der Waals surface area (Å²) in [5.74, 6) is 1.02. The van der Waals surface area contributed by atoms with Gasteiger partial charge in [-0.2, -0.15) is 5.10 Å². The summed E-state index contributed by atoms with van der Waals surface area (Å²) in [6.45, 7) is 52.8. The monoisotopic (exact) mass is 1380 g/mol. The van der Waals surface area contributed by atoms with Crippen LogP contribution in [0.2, 0.25) is 0 Å². The zero-order valence-corrected chi connectivity index (χ0v) is 64.4. The quantitative estimate of drug-likeness (QED) is 0.134. The summed E-state index contributed by atoms with van der Waals surface area (Å²) in [5, 5.41) is 11.4. The Morgan fingerprint density at radius 2 is 0.860 bits per heavy atom. The Balaban J connectivity index is 0.000000204. The number of ether oxygens (including phenoxy) is 2. The van der Waals surface area contributed by atoms with Gasteiger partial charge in [0.05, 0.1) is 72.5 Å². The number of hydrogen-bond acceptors (Lipinski definition) is 17. The second-order valence-corrected chi connectivity index (χ2v) is 29.0. The third kappa shape index (κ3) is 27.3. The number of fused-ring (bicyclic) bond motifs is 5. The largest absolute Gasteiger partial charge is 0.490 e. The fraction of sp³-hybridized carbons (Fsp3) is 0.630. The van der Waals surface area contributed by atoms with E-state index in [1.54, 1.807) is 34.5 Å². The van der Waals surface area contributed by atoms with Crippen molar-refractivity contribution in [3.8, 4) is 5.75 Å². The van der Waals surface area contributed by atoms with Gasteiger partial charge in [-0.3, -0.25) is 24.2 Å². The lowest BCUT2D eigenvalue weighted by atomic mass is 10.0. The molecule has 19 heteroatoms. The molecule has 0 unspecified atom stereocenters. The van der Waals surface area contributed by atoms with Gasteiger partial charge in [0, 0.05) is 118 Å². The van der Waals surface area contributed by atoms with Gasteiger partial charge < -0.3 is 38.9 Å². The summed E-state index contributed by atoms with van der Waals surface area (Å²) in [6.07, 6.45) is 30.1. The lowest BCUT2D eigenvalue weighted by Gasteiger charge is -2.34. The number of piperidine rings is 1. The highest BCUT2D eigenvalue weighted by atomic mass is 16.5. The van der Waals surface area contributed by atoms with Crippen LogP contribution in [-0.4, -0.2) is 181 Å². The van der Waals surface area contributed by atoms with Gasteiger partial charge in [0.1, 0.15) is 31.3 Å². The predicted octanol–water partition coefficient (Wildman–Crippen LogP) is 16.2. The van der Waals surface area contributed by atoms with Crippen molar-refractivity contribution in [3.05, 3.63) is 145 Å². The van der Waals surface area contributed by atoms with Crippen molar-refractivity contribution >= 4 is 28.4 Å². The fourth-order valence-corrected chi connectivity index (χ4v) is 13.1. The molecule has 2 saturated heterocycles. The van der Waals surface area contributed by atoms with E-state index in [0.717, 1.165) is 70.6 Å². The second-order valence-electron chi connectivity index (χ2n) is 29.0. The molecule has 19 nitrogen and oxygen atoms in total. The molecule has 7 aliphatic heterocycles. The van der Waals surface area contributed by atoms with Gasteiger partial charge in [-0.1, -0.05) is 49.4 Å². The molecular weight excluding hydrogens is 1240 g/mol. The molecule has 14 rings (SSSR count). The minimum atomic E-state index is 0. The number of hydrogen-bond donors (Lipinski definition) is 0. The molecule has 7 aliphatic rings. The number of likely N-dealkylation sites (tertiary alicyclic amines) is 1. The molecule has 0 amide bonds. The zero-order chi connectivity index (χ0) is 71.6. The molecule has 2 fully saturated rings.